The molecule has 1 N–H and O–H groups in total. The molecule has 27 heavy (non-hydrogen) atoms. The van der Waals surface area contributed by atoms with E-state index in [0.717, 1.165) is 9.25 Å². The van der Waals surface area contributed by atoms with Crippen molar-refractivity contribution in [3.63, 3.8) is 0 Å². The van der Waals surface area contributed by atoms with Crippen molar-refractivity contribution in [3.05, 3.63) is 85.6 Å². The summed E-state index contributed by atoms with van der Waals surface area (Å²) in [6.45, 7) is -0.141. The van der Waals surface area contributed by atoms with Gasteiger partial charge in [0.2, 0.25) is 5.69 Å². The van der Waals surface area contributed by atoms with Crippen LogP contribution in [0.15, 0.2) is 58.1 Å². The van der Waals surface area contributed by atoms with E-state index in [1.54, 1.807) is 36.4 Å². The first kappa shape index (κ1) is 18.4. The quantitative estimate of drug-likeness (QED) is 0.716. The summed E-state index contributed by atoms with van der Waals surface area (Å²) in [6, 6.07) is 12.9. The Bertz CT molecular complexity index is 1140. The van der Waals surface area contributed by atoms with Crippen LogP contribution in [0.2, 0.25) is 5.02 Å². The van der Waals surface area contributed by atoms with Crippen molar-refractivity contribution in [1.29, 1.82) is 0 Å². The Morgan fingerprint density at radius 2 is 1.93 bits per heavy atom. The summed E-state index contributed by atoms with van der Waals surface area (Å²) in [4.78, 5) is 36.8. The number of hydrogen-bond acceptors (Lipinski definition) is 5. The minimum absolute atomic E-state index is 0.141. The van der Waals surface area contributed by atoms with Gasteiger partial charge in [0.05, 0.1) is 19.3 Å². The molecule has 0 aliphatic heterocycles. The summed E-state index contributed by atoms with van der Waals surface area (Å²) in [7, 11) is 1.49. The topological polar surface area (TPSA) is 103 Å². The predicted molar refractivity (Wildman–Crippen MR) is 98.2 cm³/mol. The summed E-state index contributed by atoms with van der Waals surface area (Å²) in [5.74, 6) is -0.988. The molecule has 3 rings (SSSR count). The Labute approximate surface area is 157 Å². The number of nitrogens with zero attached hydrogens (tertiary/aromatic N) is 3. The van der Waals surface area contributed by atoms with Gasteiger partial charge in [0, 0.05) is 5.02 Å². The molecule has 0 radical (unpaired) electrons. The molecule has 0 fully saturated rings. The van der Waals surface area contributed by atoms with Crippen LogP contribution in [-0.4, -0.2) is 32.5 Å². The molecule has 1 aromatic heterocycles. The highest BCUT2D eigenvalue weighted by Crippen LogP contribution is 2.14. The minimum Gasteiger partial charge on any atom is -0.497 e. The van der Waals surface area contributed by atoms with Crippen molar-refractivity contribution in [2.75, 3.05) is 7.11 Å². The van der Waals surface area contributed by atoms with Crippen molar-refractivity contribution in [2.45, 2.75) is 6.54 Å². The molecule has 0 atom stereocenters. The van der Waals surface area contributed by atoms with Crippen LogP contribution in [0.5, 0.6) is 5.75 Å². The lowest BCUT2D eigenvalue weighted by Gasteiger charge is -2.11. The second-order valence-corrected chi connectivity index (χ2v) is 6.01. The molecule has 3 aromatic rings. The van der Waals surface area contributed by atoms with Gasteiger partial charge in [0.15, 0.2) is 0 Å². The van der Waals surface area contributed by atoms with E-state index in [4.69, 9.17) is 16.3 Å². The van der Waals surface area contributed by atoms with Gasteiger partial charge in [-0.2, -0.15) is 9.78 Å². The summed E-state index contributed by atoms with van der Waals surface area (Å²) in [5.41, 5.74) is -1.70. The number of aromatic carboxylic acids is 1. The number of carboxylic acid groups (broad SMARTS) is 1. The second kappa shape index (κ2) is 7.46. The zero-order chi connectivity index (χ0) is 19.6. The maximum atomic E-state index is 12.8. The standard InChI is InChI=1S/C18H14ClN3O5/c1-27-14-7-2-4-11(8-14)10-21-16(23)15(17(24)25)20-22(18(21)26)13-6-3-5-12(19)9-13/h2-9H,10H2,1H3,(H,24,25). The van der Waals surface area contributed by atoms with Crippen LogP contribution in [0, 0.1) is 0 Å². The fraction of sp³-hybridized carbons (Fsp3) is 0.111. The van der Waals surface area contributed by atoms with Gasteiger partial charge in [-0.1, -0.05) is 29.8 Å². The van der Waals surface area contributed by atoms with Gasteiger partial charge in [0.25, 0.3) is 5.56 Å². The van der Waals surface area contributed by atoms with E-state index < -0.39 is 22.9 Å². The molecule has 1 heterocycles. The maximum Gasteiger partial charge on any atom is 0.362 e. The number of carboxylic acids is 1. The lowest BCUT2D eigenvalue weighted by atomic mass is 10.2. The first-order valence-corrected chi connectivity index (χ1v) is 8.15. The van der Waals surface area contributed by atoms with Crippen molar-refractivity contribution >= 4 is 17.6 Å². The van der Waals surface area contributed by atoms with Crippen LogP contribution in [0.4, 0.5) is 0 Å². The molecule has 0 aliphatic rings. The van der Waals surface area contributed by atoms with Gasteiger partial charge in [-0.3, -0.25) is 9.36 Å². The average Bonchev–Trinajstić information content (AvgIpc) is 2.65. The smallest absolute Gasteiger partial charge is 0.362 e. The van der Waals surface area contributed by atoms with Crippen molar-refractivity contribution in [3.8, 4) is 11.4 Å². The number of methoxy groups -OCH3 is 1. The second-order valence-electron chi connectivity index (χ2n) is 5.57. The number of ether oxygens (including phenoxy) is 1. The molecule has 0 saturated carbocycles. The first-order chi connectivity index (χ1) is 12.9. The number of benzene rings is 2. The highest BCUT2D eigenvalue weighted by Gasteiger charge is 2.20. The fourth-order valence-corrected chi connectivity index (χ4v) is 2.70. The van der Waals surface area contributed by atoms with Crippen LogP contribution in [-0.2, 0) is 6.54 Å². The van der Waals surface area contributed by atoms with E-state index in [2.05, 4.69) is 5.10 Å². The molecular weight excluding hydrogens is 374 g/mol. The van der Waals surface area contributed by atoms with Gasteiger partial charge >= 0.3 is 11.7 Å². The van der Waals surface area contributed by atoms with Crippen molar-refractivity contribution in [2.24, 2.45) is 0 Å². The number of aromatic nitrogens is 3. The maximum absolute atomic E-state index is 12.8. The Balaban J connectivity index is 2.22. The first-order valence-electron chi connectivity index (χ1n) is 7.77. The van der Waals surface area contributed by atoms with E-state index in [0.29, 0.717) is 16.3 Å². The molecule has 2 aromatic carbocycles. The molecule has 0 saturated heterocycles. The highest BCUT2D eigenvalue weighted by molar-refractivity contribution is 6.30. The van der Waals surface area contributed by atoms with Gasteiger partial charge in [-0.25, -0.2) is 9.59 Å². The van der Waals surface area contributed by atoms with Gasteiger partial charge < -0.3 is 9.84 Å². The third kappa shape index (κ3) is 3.75. The summed E-state index contributed by atoms with van der Waals surface area (Å²) < 4.78 is 6.79. The molecule has 0 spiro atoms. The van der Waals surface area contributed by atoms with E-state index in [-0.39, 0.29) is 12.2 Å². The molecule has 0 bridgehead atoms. The number of hydrogen-bond donors (Lipinski definition) is 1. The summed E-state index contributed by atoms with van der Waals surface area (Å²) in [6.07, 6.45) is 0. The van der Waals surface area contributed by atoms with Crippen molar-refractivity contribution < 1.29 is 14.6 Å². The molecular formula is C18H14ClN3O5. The SMILES string of the molecule is COc1cccc(Cn2c(=O)c(C(=O)O)nn(-c3cccc(Cl)c3)c2=O)c1. The van der Waals surface area contributed by atoms with Gasteiger partial charge in [-0.05, 0) is 35.9 Å². The molecule has 8 nitrogen and oxygen atoms in total. The average molecular weight is 388 g/mol. The van der Waals surface area contributed by atoms with Crippen LogP contribution >= 0.6 is 11.6 Å². The number of carbonyl (C=O) groups is 1. The normalized spacial score (nSPS) is 10.6. The Morgan fingerprint density at radius 1 is 1.19 bits per heavy atom. The highest BCUT2D eigenvalue weighted by atomic mass is 35.5. The molecule has 0 unspecified atom stereocenters. The largest absolute Gasteiger partial charge is 0.497 e. The lowest BCUT2D eigenvalue weighted by Crippen LogP contribution is -2.44. The molecule has 138 valence electrons. The van der Waals surface area contributed by atoms with Gasteiger partial charge in [0.1, 0.15) is 5.75 Å². The zero-order valence-corrected chi connectivity index (χ0v) is 14.9. The van der Waals surface area contributed by atoms with Crippen LogP contribution in [0.3, 0.4) is 0 Å². The van der Waals surface area contributed by atoms with Crippen LogP contribution in [0.25, 0.3) is 5.69 Å². The molecule has 0 amide bonds. The Morgan fingerprint density at radius 3 is 2.59 bits per heavy atom. The third-order valence-corrected chi connectivity index (χ3v) is 4.03. The third-order valence-electron chi connectivity index (χ3n) is 3.79. The monoisotopic (exact) mass is 387 g/mol. The van der Waals surface area contributed by atoms with Crippen LogP contribution < -0.4 is 16.0 Å². The van der Waals surface area contributed by atoms with Gasteiger partial charge in [-0.15, -0.1) is 0 Å². The summed E-state index contributed by atoms with van der Waals surface area (Å²) in [5, 5.41) is 13.4. The van der Waals surface area contributed by atoms with E-state index >= 15 is 0 Å². The van der Waals surface area contributed by atoms with Crippen molar-refractivity contribution in [1.82, 2.24) is 14.3 Å². The minimum atomic E-state index is -1.53. The van der Waals surface area contributed by atoms with E-state index in [1.165, 1.54) is 19.2 Å². The van der Waals surface area contributed by atoms with E-state index in [1.807, 2.05) is 0 Å². The predicted octanol–water partition coefficient (Wildman–Crippen LogP) is 1.80. The number of halogens is 1. The molecule has 9 heteroatoms. The Hall–Kier alpha value is -3.39. The fourth-order valence-electron chi connectivity index (χ4n) is 2.52. The van der Waals surface area contributed by atoms with Crippen LogP contribution in [0.1, 0.15) is 16.1 Å². The van der Waals surface area contributed by atoms with E-state index in [9.17, 15) is 19.5 Å². The summed E-state index contributed by atoms with van der Waals surface area (Å²) >= 11 is 5.94. The number of rotatable bonds is 5. The Kier molecular flexibility index (Phi) is 5.09. The lowest BCUT2D eigenvalue weighted by molar-refractivity contribution is 0.0684. The zero-order valence-electron chi connectivity index (χ0n) is 14.1. The molecule has 0 aliphatic carbocycles.